The van der Waals surface area contributed by atoms with E-state index in [4.69, 9.17) is 4.74 Å². The molecule has 0 unspecified atom stereocenters. The van der Waals surface area contributed by atoms with Gasteiger partial charge in [0.1, 0.15) is 5.75 Å². The van der Waals surface area contributed by atoms with Crippen LogP contribution in [0.25, 0.3) is 0 Å². The SMILES string of the molecule is COc1ccc(N(CCC(C)C)Cc2ccc(C(F)(F)F)cc2)cc1. The fraction of sp³-hybridized carbons (Fsp3) is 0.400. The van der Waals surface area contributed by atoms with Crippen LogP contribution in [0.1, 0.15) is 31.4 Å². The highest BCUT2D eigenvalue weighted by atomic mass is 19.4. The molecule has 2 nitrogen and oxygen atoms in total. The molecule has 0 spiro atoms. The van der Waals surface area contributed by atoms with Crippen molar-refractivity contribution < 1.29 is 17.9 Å². The van der Waals surface area contributed by atoms with Crippen molar-refractivity contribution in [1.82, 2.24) is 0 Å². The maximum Gasteiger partial charge on any atom is 0.416 e. The molecule has 5 heteroatoms. The summed E-state index contributed by atoms with van der Waals surface area (Å²) in [6.45, 7) is 5.72. The van der Waals surface area contributed by atoms with Crippen LogP contribution in [0.5, 0.6) is 5.75 Å². The van der Waals surface area contributed by atoms with Gasteiger partial charge in [-0.2, -0.15) is 13.2 Å². The first-order chi connectivity index (χ1) is 11.8. The average Bonchev–Trinajstić information content (AvgIpc) is 2.58. The van der Waals surface area contributed by atoms with Crippen LogP contribution in [0.4, 0.5) is 18.9 Å². The third kappa shape index (κ3) is 5.69. The van der Waals surface area contributed by atoms with Crippen LogP contribution in [0, 0.1) is 5.92 Å². The van der Waals surface area contributed by atoms with Crippen molar-refractivity contribution in [1.29, 1.82) is 0 Å². The van der Waals surface area contributed by atoms with Gasteiger partial charge < -0.3 is 9.64 Å². The fourth-order valence-electron chi connectivity index (χ4n) is 2.53. The molecule has 136 valence electrons. The van der Waals surface area contributed by atoms with E-state index in [1.165, 1.54) is 0 Å². The van der Waals surface area contributed by atoms with E-state index in [0.29, 0.717) is 12.5 Å². The van der Waals surface area contributed by atoms with E-state index in [9.17, 15) is 13.2 Å². The highest BCUT2D eigenvalue weighted by molar-refractivity contribution is 5.49. The fourth-order valence-corrected chi connectivity index (χ4v) is 2.53. The van der Waals surface area contributed by atoms with Crippen molar-refractivity contribution in [2.75, 3.05) is 18.6 Å². The summed E-state index contributed by atoms with van der Waals surface area (Å²) in [6.07, 6.45) is -3.29. The van der Waals surface area contributed by atoms with Crippen LogP contribution >= 0.6 is 0 Å². The maximum absolute atomic E-state index is 12.7. The third-order valence-corrected chi connectivity index (χ3v) is 4.07. The number of anilines is 1. The molecule has 0 fully saturated rings. The summed E-state index contributed by atoms with van der Waals surface area (Å²) < 4.78 is 43.3. The van der Waals surface area contributed by atoms with E-state index in [2.05, 4.69) is 18.7 Å². The Hall–Kier alpha value is -2.17. The third-order valence-electron chi connectivity index (χ3n) is 4.07. The van der Waals surface area contributed by atoms with Gasteiger partial charge in [-0.05, 0) is 54.3 Å². The first kappa shape index (κ1) is 19.2. The molecule has 0 amide bonds. The lowest BCUT2D eigenvalue weighted by Gasteiger charge is -2.26. The quantitative estimate of drug-likeness (QED) is 0.628. The molecule has 0 atom stereocenters. The monoisotopic (exact) mass is 351 g/mol. The second kappa shape index (κ2) is 8.28. The smallest absolute Gasteiger partial charge is 0.416 e. The molecule has 0 aromatic heterocycles. The average molecular weight is 351 g/mol. The van der Waals surface area contributed by atoms with Gasteiger partial charge in [-0.15, -0.1) is 0 Å². The van der Waals surface area contributed by atoms with E-state index in [1.807, 2.05) is 24.3 Å². The van der Waals surface area contributed by atoms with Crippen LogP contribution in [-0.2, 0) is 12.7 Å². The molecular formula is C20H24F3NO. The number of ether oxygens (including phenoxy) is 1. The van der Waals surface area contributed by atoms with Gasteiger partial charge in [-0.3, -0.25) is 0 Å². The number of rotatable bonds is 7. The van der Waals surface area contributed by atoms with Gasteiger partial charge in [0.05, 0.1) is 12.7 Å². The summed E-state index contributed by atoms with van der Waals surface area (Å²) in [5.74, 6) is 1.33. The minimum atomic E-state index is -4.30. The van der Waals surface area contributed by atoms with Crippen molar-refractivity contribution in [2.45, 2.75) is 33.0 Å². The molecule has 0 saturated heterocycles. The molecule has 0 aliphatic rings. The number of benzene rings is 2. The Balaban J connectivity index is 2.17. The molecular weight excluding hydrogens is 327 g/mol. The molecule has 2 aromatic carbocycles. The minimum absolute atomic E-state index is 0.549. The van der Waals surface area contributed by atoms with E-state index < -0.39 is 11.7 Å². The Morgan fingerprint density at radius 2 is 1.56 bits per heavy atom. The van der Waals surface area contributed by atoms with Gasteiger partial charge in [0.2, 0.25) is 0 Å². The summed E-state index contributed by atoms with van der Waals surface area (Å²) >= 11 is 0. The van der Waals surface area contributed by atoms with Gasteiger partial charge in [-0.1, -0.05) is 26.0 Å². The topological polar surface area (TPSA) is 12.5 Å². The molecule has 2 aromatic rings. The molecule has 0 heterocycles. The van der Waals surface area contributed by atoms with Crippen molar-refractivity contribution in [3.8, 4) is 5.75 Å². The van der Waals surface area contributed by atoms with Crippen LogP contribution in [0.15, 0.2) is 48.5 Å². The lowest BCUT2D eigenvalue weighted by atomic mass is 10.1. The molecule has 0 aliphatic carbocycles. The zero-order valence-electron chi connectivity index (χ0n) is 14.8. The molecule has 25 heavy (non-hydrogen) atoms. The highest BCUT2D eigenvalue weighted by Gasteiger charge is 2.29. The summed E-state index contributed by atoms with van der Waals surface area (Å²) in [6, 6.07) is 13.1. The summed E-state index contributed by atoms with van der Waals surface area (Å²) in [7, 11) is 1.62. The molecule has 0 radical (unpaired) electrons. The number of nitrogens with zero attached hydrogens (tertiary/aromatic N) is 1. The molecule has 2 rings (SSSR count). The summed E-state index contributed by atoms with van der Waals surface area (Å²) in [4.78, 5) is 2.18. The summed E-state index contributed by atoms with van der Waals surface area (Å²) in [5, 5.41) is 0. The Morgan fingerprint density at radius 3 is 2.04 bits per heavy atom. The Labute approximate surface area is 147 Å². The van der Waals surface area contributed by atoms with E-state index in [0.717, 1.165) is 42.1 Å². The minimum Gasteiger partial charge on any atom is -0.497 e. The Kier molecular flexibility index (Phi) is 6.34. The zero-order valence-corrected chi connectivity index (χ0v) is 14.8. The normalized spacial score (nSPS) is 11.6. The van der Waals surface area contributed by atoms with E-state index >= 15 is 0 Å². The second-order valence-electron chi connectivity index (χ2n) is 6.50. The van der Waals surface area contributed by atoms with Crippen LogP contribution in [0.2, 0.25) is 0 Å². The number of hydrogen-bond acceptors (Lipinski definition) is 2. The van der Waals surface area contributed by atoms with Crippen LogP contribution in [0.3, 0.4) is 0 Å². The van der Waals surface area contributed by atoms with Gasteiger partial charge in [0.15, 0.2) is 0 Å². The second-order valence-corrected chi connectivity index (χ2v) is 6.50. The molecule has 0 bridgehead atoms. The lowest BCUT2D eigenvalue weighted by Crippen LogP contribution is -2.25. The van der Waals surface area contributed by atoms with E-state index in [-0.39, 0.29) is 0 Å². The summed E-state index contributed by atoms with van der Waals surface area (Å²) in [5.41, 5.74) is 1.27. The highest BCUT2D eigenvalue weighted by Crippen LogP contribution is 2.29. The van der Waals surface area contributed by atoms with Gasteiger partial charge in [0.25, 0.3) is 0 Å². The lowest BCUT2D eigenvalue weighted by molar-refractivity contribution is -0.137. The predicted octanol–water partition coefficient (Wildman–Crippen LogP) is 5.77. The van der Waals surface area contributed by atoms with Gasteiger partial charge in [-0.25, -0.2) is 0 Å². The van der Waals surface area contributed by atoms with Crippen molar-refractivity contribution in [3.63, 3.8) is 0 Å². The van der Waals surface area contributed by atoms with Crippen molar-refractivity contribution in [3.05, 3.63) is 59.7 Å². The van der Waals surface area contributed by atoms with Crippen LogP contribution < -0.4 is 9.64 Å². The van der Waals surface area contributed by atoms with Gasteiger partial charge in [0, 0.05) is 18.8 Å². The van der Waals surface area contributed by atoms with Crippen molar-refractivity contribution >= 4 is 5.69 Å². The van der Waals surface area contributed by atoms with Crippen LogP contribution in [-0.4, -0.2) is 13.7 Å². The predicted molar refractivity (Wildman–Crippen MR) is 94.9 cm³/mol. The Morgan fingerprint density at radius 1 is 0.960 bits per heavy atom. The van der Waals surface area contributed by atoms with Gasteiger partial charge >= 0.3 is 6.18 Å². The number of alkyl halides is 3. The van der Waals surface area contributed by atoms with E-state index in [1.54, 1.807) is 19.2 Å². The molecule has 0 saturated carbocycles. The number of hydrogen-bond donors (Lipinski definition) is 0. The number of methoxy groups -OCH3 is 1. The zero-order chi connectivity index (χ0) is 18.4. The first-order valence-corrected chi connectivity index (χ1v) is 8.34. The standard InChI is InChI=1S/C20H24F3NO/c1-15(2)12-13-24(18-8-10-19(25-3)11-9-18)14-16-4-6-17(7-5-16)20(21,22)23/h4-11,15H,12-14H2,1-3H3. The van der Waals surface area contributed by atoms with Crippen molar-refractivity contribution in [2.24, 2.45) is 5.92 Å². The number of halogens is 3. The first-order valence-electron chi connectivity index (χ1n) is 8.34. The Bertz CT molecular complexity index is 648. The largest absolute Gasteiger partial charge is 0.497 e. The molecule has 0 N–H and O–H groups in total. The molecule has 0 aliphatic heterocycles. The maximum atomic E-state index is 12.7.